The summed E-state index contributed by atoms with van der Waals surface area (Å²) in [6.07, 6.45) is 3.39. The van der Waals surface area contributed by atoms with Crippen molar-refractivity contribution in [2.45, 2.75) is 39.2 Å². The van der Waals surface area contributed by atoms with Gasteiger partial charge in [-0.2, -0.15) is 0 Å². The number of carbonyl (C=O) groups excluding carboxylic acids is 1. The van der Waals surface area contributed by atoms with Crippen molar-refractivity contribution in [1.82, 2.24) is 20.4 Å². The van der Waals surface area contributed by atoms with Crippen molar-refractivity contribution < 1.29 is 4.79 Å². The Kier molecular flexibility index (Phi) is 8.19. The van der Waals surface area contributed by atoms with Crippen LogP contribution < -0.4 is 10.6 Å². The Morgan fingerprint density at radius 1 is 1.21 bits per heavy atom. The Bertz CT molecular complexity index is 681. The molecule has 0 spiro atoms. The largest absolute Gasteiger partial charge is 0.357 e. The number of hydrogen-bond acceptors (Lipinski definition) is 3. The minimum Gasteiger partial charge on any atom is -0.357 e. The first-order valence-corrected chi connectivity index (χ1v) is 11.3. The highest BCUT2D eigenvalue weighted by Crippen LogP contribution is 2.28. The van der Waals surface area contributed by atoms with Crippen LogP contribution in [-0.4, -0.2) is 67.5 Å². The van der Waals surface area contributed by atoms with Crippen LogP contribution >= 0.6 is 11.6 Å². The normalized spacial score (nSPS) is 19.6. The average molecular weight is 420 g/mol. The summed E-state index contributed by atoms with van der Waals surface area (Å²) in [5.41, 5.74) is 1.17. The minimum atomic E-state index is 0.145. The lowest BCUT2D eigenvalue weighted by atomic mass is 9.84. The minimum absolute atomic E-state index is 0.145. The summed E-state index contributed by atoms with van der Waals surface area (Å²) < 4.78 is 0. The van der Waals surface area contributed by atoms with E-state index in [1.165, 1.54) is 12.0 Å². The highest BCUT2D eigenvalue weighted by molar-refractivity contribution is 6.30. The van der Waals surface area contributed by atoms with Crippen LogP contribution in [0.5, 0.6) is 0 Å². The van der Waals surface area contributed by atoms with Crippen LogP contribution in [0.3, 0.4) is 0 Å². The van der Waals surface area contributed by atoms with Crippen molar-refractivity contribution in [2.75, 3.05) is 45.8 Å². The van der Waals surface area contributed by atoms with E-state index in [2.05, 4.69) is 34.3 Å². The summed E-state index contributed by atoms with van der Waals surface area (Å²) in [4.78, 5) is 21.6. The van der Waals surface area contributed by atoms with Crippen LogP contribution in [0.25, 0.3) is 0 Å². The molecule has 29 heavy (non-hydrogen) atoms. The topological polar surface area (TPSA) is 60.0 Å². The Balaban J connectivity index is 1.43. The molecule has 160 valence electrons. The summed E-state index contributed by atoms with van der Waals surface area (Å²) in [7, 11) is 0. The van der Waals surface area contributed by atoms with Crippen LogP contribution in [0.2, 0.25) is 5.02 Å². The van der Waals surface area contributed by atoms with Crippen LogP contribution in [0.4, 0.5) is 0 Å². The molecule has 6 nitrogen and oxygen atoms in total. The lowest BCUT2D eigenvalue weighted by Gasteiger charge is -2.38. The maximum atomic E-state index is 12.4. The van der Waals surface area contributed by atoms with Gasteiger partial charge in [0.05, 0.1) is 12.6 Å². The SMILES string of the molecule is CCNC(=NCCN1CCN(C(=O)C2CCC2)CC1)NC(C)c1ccc(Cl)cc1. The zero-order valence-corrected chi connectivity index (χ0v) is 18.4. The van der Waals surface area contributed by atoms with Gasteiger partial charge in [-0.05, 0) is 44.4 Å². The fourth-order valence-electron chi connectivity index (χ4n) is 3.77. The number of benzene rings is 1. The fraction of sp³-hybridized carbons (Fsp3) is 0.636. The summed E-state index contributed by atoms with van der Waals surface area (Å²) in [6.45, 7) is 10.3. The Labute approximate surface area is 179 Å². The van der Waals surface area contributed by atoms with Gasteiger partial charge in [-0.25, -0.2) is 0 Å². The Hall–Kier alpha value is -1.79. The van der Waals surface area contributed by atoms with Gasteiger partial charge in [-0.1, -0.05) is 30.2 Å². The molecule has 1 aromatic rings. The van der Waals surface area contributed by atoms with Crippen LogP contribution in [0.1, 0.15) is 44.7 Å². The Morgan fingerprint density at radius 2 is 1.90 bits per heavy atom. The van der Waals surface area contributed by atoms with E-state index in [0.717, 1.165) is 69.6 Å². The first-order valence-electron chi connectivity index (χ1n) is 10.9. The first-order chi connectivity index (χ1) is 14.1. The quantitative estimate of drug-likeness (QED) is 0.527. The third kappa shape index (κ3) is 6.34. The molecule has 2 aliphatic rings. The fourth-order valence-corrected chi connectivity index (χ4v) is 3.89. The molecule has 2 fully saturated rings. The van der Waals surface area contributed by atoms with Gasteiger partial charge in [-0.3, -0.25) is 14.7 Å². The molecule has 1 saturated heterocycles. The smallest absolute Gasteiger partial charge is 0.225 e. The van der Waals surface area contributed by atoms with E-state index in [4.69, 9.17) is 16.6 Å². The standard InChI is InChI=1S/C22H34ClN5O/c1-3-24-22(26-17(2)18-7-9-20(23)10-8-18)25-11-12-27-13-15-28(16-14-27)21(29)19-5-4-6-19/h7-10,17,19H,3-6,11-16H2,1-2H3,(H2,24,25,26). The second-order valence-electron chi connectivity index (χ2n) is 7.97. The first kappa shape index (κ1) is 21.9. The highest BCUT2D eigenvalue weighted by atomic mass is 35.5. The third-order valence-electron chi connectivity index (χ3n) is 5.89. The highest BCUT2D eigenvalue weighted by Gasteiger charge is 2.30. The molecular weight excluding hydrogens is 386 g/mol. The van der Waals surface area contributed by atoms with E-state index >= 15 is 0 Å². The Morgan fingerprint density at radius 3 is 2.48 bits per heavy atom. The van der Waals surface area contributed by atoms with Crippen molar-refractivity contribution in [1.29, 1.82) is 0 Å². The van der Waals surface area contributed by atoms with Gasteiger partial charge in [0.1, 0.15) is 0 Å². The molecule has 0 radical (unpaired) electrons. The molecule has 1 unspecified atom stereocenters. The lowest BCUT2D eigenvalue weighted by molar-refractivity contribution is -0.139. The number of nitrogens with zero attached hydrogens (tertiary/aromatic N) is 3. The maximum absolute atomic E-state index is 12.4. The van der Waals surface area contributed by atoms with Crippen LogP contribution in [0.15, 0.2) is 29.3 Å². The number of rotatable bonds is 7. The van der Waals surface area contributed by atoms with Crippen LogP contribution in [-0.2, 0) is 4.79 Å². The molecule has 2 N–H and O–H groups in total. The summed E-state index contributed by atoms with van der Waals surface area (Å²) in [6, 6.07) is 8.04. The van der Waals surface area contributed by atoms with E-state index in [-0.39, 0.29) is 6.04 Å². The number of aliphatic imine (C=N–C) groups is 1. The van der Waals surface area contributed by atoms with Crippen molar-refractivity contribution in [2.24, 2.45) is 10.9 Å². The monoisotopic (exact) mass is 419 g/mol. The number of nitrogens with one attached hydrogen (secondary N) is 2. The number of amides is 1. The molecule has 1 saturated carbocycles. The molecule has 1 atom stereocenters. The van der Waals surface area contributed by atoms with Gasteiger partial charge in [-0.15, -0.1) is 0 Å². The number of guanidine groups is 1. The molecule has 1 aliphatic heterocycles. The third-order valence-corrected chi connectivity index (χ3v) is 6.14. The lowest BCUT2D eigenvalue weighted by Crippen LogP contribution is -2.51. The molecule has 0 bridgehead atoms. The van der Waals surface area contributed by atoms with E-state index in [9.17, 15) is 4.79 Å². The summed E-state index contributed by atoms with van der Waals surface area (Å²) >= 11 is 5.98. The maximum Gasteiger partial charge on any atom is 0.225 e. The summed E-state index contributed by atoms with van der Waals surface area (Å²) in [5, 5.41) is 7.53. The second-order valence-corrected chi connectivity index (χ2v) is 8.41. The van der Waals surface area contributed by atoms with E-state index in [1.807, 2.05) is 24.3 Å². The molecule has 1 heterocycles. The summed E-state index contributed by atoms with van der Waals surface area (Å²) in [5.74, 6) is 1.51. The average Bonchev–Trinajstić information content (AvgIpc) is 2.67. The number of carbonyl (C=O) groups is 1. The molecular formula is C22H34ClN5O. The second kappa shape index (κ2) is 10.8. The van der Waals surface area contributed by atoms with Gasteiger partial charge >= 0.3 is 0 Å². The number of hydrogen-bond donors (Lipinski definition) is 2. The number of piperazine rings is 1. The number of halogens is 1. The zero-order valence-electron chi connectivity index (χ0n) is 17.7. The predicted molar refractivity (Wildman–Crippen MR) is 119 cm³/mol. The van der Waals surface area contributed by atoms with Crippen LogP contribution in [0, 0.1) is 5.92 Å². The van der Waals surface area contributed by atoms with E-state index in [0.29, 0.717) is 11.8 Å². The van der Waals surface area contributed by atoms with Gasteiger partial charge in [0.25, 0.3) is 0 Å². The van der Waals surface area contributed by atoms with Crippen molar-refractivity contribution >= 4 is 23.5 Å². The van der Waals surface area contributed by atoms with Gasteiger partial charge in [0, 0.05) is 50.2 Å². The molecule has 1 aliphatic carbocycles. The van der Waals surface area contributed by atoms with Gasteiger partial charge < -0.3 is 15.5 Å². The van der Waals surface area contributed by atoms with Crippen molar-refractivity contribution in [3.63, 3.8) is 0 Å². The van der Waals surface area contributed by atoms with Gasteiger partial charge in [0.15, 0.2) is 5.96 Å². The molecule has 3 rings (SSSR count). The molecule has 0 aromatic heterocycles. The molecule has 7 heteroatoms. The van der Waals surface area contributed by atoms with Crippen molar-refractivity contribution in [3.8, 4) is 0 Å². The zero-order chi connectivity index (χ0) is 20.6. The van der Waals surface area contributed by atoms with Gasteiger partial charge in [0.2, 0.25) is 5.91 Å². The molecule has 1 amide bonds. The predicted octanol–water partition coefficient (Wildman–Crippen LogP) is 2.90. The van der Waals surface area contributed by atoms with Crippen molar-refractivity contribution in [3.05, 3.63) is 34.9 Å². The van der Waals surface area contributed by atoms with E-state index in [1.54, 1.807) is 0 Å². The molecule has 1 aromatic carbocycles. The van der Waals surface area contributed by atoms with E-state index < -0.39 is 0 Å².